The molecule has 2 aliphatic heterocycles. The van der Waals surface area contributed by atoms with E-state index in [2.05, 4.69) is 26.1 Å². The molecule has 0 unspecified atom stereocenters. The maximum Gasteiger partial charge on any atom is 0.229 e. The van der Waals surface area contributed by atoms with Crippen LogP contribution in [0.2, 0.25) is 0 Å². The first-order valence-electron chi connectivity index (χ1n) is 8.81. The monoisotopic (exact) mass is 413 g/mol. The molecule has 9 heteroatoms. The van der Waals surface area contributed by atoms with Crippen LogP contribution in [0.4, 0.5) is 0 Å². The van der Waals surface area contributed by atoms with Crippen LogP contribution in [0, 0.1) is 11.3 Å². The van der Waals surface area contributed by atoms with Crippen LogP contribution in [0.1, 0.15) is 17.3 Å². The van der Waals surface area contributed by atoms with Gasteiger partial charge in [-0.05, 0) is 5.56 Å². The normalized spacial score (nSPS) is 23.2. The van der Waals surface area contributed by atoms with E-state index in [0.29, 0.717) is 37.0 Å². The average Bonchev–Trinajstić information content (AvgIpc) is 3.31. The number of aromatic nitrogens is 2. The summed E-state index contributed by atoms with van der Waals surface area (Å²) in [7, 11) is 0. The van der Waals surface area contributed by atoms with Crippen molar-refractivity contribution in [1.82, 2.24) is 26.1 Å². The Labute approximate surface area is 170 Å². The third-order valence-corrected chi connectivity index (χ3v) is 5.24. The summed E-state index contributed by atoms with van der Waals surface area (Å²) in [4.78, 5) is 17.0. The molecule has 1 aromatic heterocycles. The Morgan fingerprint density at radius 3 is 2.59 bits per heavy atom. The first-order valence-corrected chi connectivity index (χ1v) is 8.81. The number of halogens is 2. The number of nitrogens with one attached hydrogen (secondary N) is 3. The Morgan fingerprint density at radius 2 is 1.89 bits per heavy atom. The van der Waals surface area contributed by atoms with Crippen LogP contribution in [0.25, 0.3) is 0 Å². The quantitative estimate of drug-likeness (QED) is 0.653. The van der Waals surface area contributed by atoms with Gasteiger partial charge in [-0.3, -0.25) is 4.79 Å². The predicted molar refractivity (Wildman–Crippen MR) is 106 cm³/mol. The lowest BCUT2D eigenvalue weighted by molar-refractivity contribution is -0.130. The molecule has 1 aromatic carbocycles. The highest BCUT2D eigenvalue weighted by atomic mass is 35.5. The zero-order chi connectivity index (χ0) is 17.1. The van der Waals surface area contributed by atoms with E-state index in [1.165, 1.54) is 0 Å². The number of hydrogen-bond donors (Lipinski definition) is 3. The van der Waals surface area contributed by atoms with Crippen molar-refractivity contribution in [3.05, 3.63) is 47.6 Å². The number of carbonyl (C=O) groups is 1. The van der Waals surface area contributed by atoms with Crippen LogP contribution < -0.4 is 16.0 Å². The topological polar surface area (TPSA) is 92.1 Å². The van der Waals surface area contributed by atoms with Gasteiger partial charge in [0.1, 0.15) is 0 Å². The Morgan fingerprint density at radius 1 is 1.19 bits per heavy atom. The molecule has 4 rings (SSSR count). The van der Waals surface area contributed by atoms with Gasteiger partial charge in [0.05, 0.1) is 5.41 Å². The van der Waals surface area contributed by atoms with Crippen LogP contribution in [0.5, 0.6) is 0 Å². The van der Waals surface area contributed by atoms with Gasteiger partial charge in [-0.15, -0.1) is 24.8 Å². The Hall–Kier alpha value is -1.67. The Balaban J connectivity index is 0.00000131. The third kappa shape index (κ3) is 4.60. The molecule has 0 aliphatic carbocycles. The van der Waals surface area contributed by atoms with Gasteiger partial charge >= 0.3 is 0 Å². The van der Waals surface area contributed by atoms with Crippen LogP contribution in [0.15, 0.2) is 34.9 Å². The molecule has 2 aromatic rings. The van der Waals surface area contributed by atoms with E-state index in [-0.39, 0.29) is 36.1 Å². The minimum atomic E-state index is -0.298. The van der Waals surface area contributed by atoms with E-state index in [9.17, 15) is 4.79 Å². The molecule has 3 N–H and O–H groups in total. The van der Waals surface area contributed by atoms with Gasteiger partial charge in [-0.1, -0.05) is 35.5 Å². The highest BCUT2D eigenvalue weighted by Crippen LogP contribution is 2.34. The molecule has 0 atom stereocenters. The first-order chi connectivity index (χ1) is 12.3. The largest absolute Gasteiger partial charge is 0.355 e. The maximum absolute atomic E-state index is 12.6. The molecule has 0 bridgehead atoms. The van der Waals surface area contributed by atoms with Crippen LogP contribution in [-0.4, -0.2) is 48.8 Å². The molecule has 1 amide bonds. The SMILES string of the molecule is Cl.Cl.O=C(NCCc1nc(Cc2ccccc2)no1)C12CNCC1CNC2. The Bertz CT molecular complexity index is 730. The van der Waals surface area contributed by atoms with Gasteiger partial charge in [0.2, 0.25) is 11.8 Å². The van der Waals surface area contributed by atoms with Crippen molar-refractivity contribution in [2.75, 3.05) is 32.7 Å². The van der Waals surface area contributed by atoms with Crippen LogP contribution in [-0.2, 0) is 17.6 Å². The highest BCUT2D eigenvalue weighted by molar-refractivity contribution is 5.85. The average molecular weight is 414 g/mol. The molecule has 7 nitrogen and oxygen atoms in total. The summed E-state index contributed by atoms with van der Waals surface area (Å²) < 4.78 is 5.29. The molecule has 148 valence electrons. The fraction of sp³-hybridized carbons (Fsp3) is 0.500. The van der Waals surface area contributed by atoms with Gasteiger partial charge < -0.3 is 20.5 Å². The van der Waals surface area contributed by atoms with E-state index in [1.54, 1.807) is 0 Å². The van der Waals surface area contributed by atoms with E-state index in [4.69, 9.17) is 4.52 Å². The van der Waals surface area contributed by atoms with E-state index < -0.39 is 0 Å². The standard InChI is InChI=1S/C18H23N5O2.2ClH/c24-17(18-11-19-9-14(18)10-20-12-18)21-7-6-16-22-15(23-25-16)8-13-4-2-1-3-5-13;;/h1-5,14,19-20H,6-12H2,(H,21,24);2*1H. The smallest absolute Gasteiger partial charge is 0.229 e. The second-order valence-electron chi connectivity index (χ2n) is 6.89. The predicted octanol–water partition coefficient (Wildman–Crippen LogP) is 0.972. The molecule has 2 saturated heterocycles. The second-order valence-corrected chi connectivity index (χ2v) is 6.89. The molecule has 0 spiro atoms. The van der Waals surface area contributed by atoms with Crippen molar-refractivity contribution in [3.8, 4) is 0 Å². The van der Waals surface area contributed by atoms with E-state index in [0.717, 1.165) is 31.7 Å². The number of nitrogens with zero attached hydrogens (tertiary/aromatic N) is 2. The number of amides is 1. The molecule has 2 fully saturated rings. The minimum Gasteiger partial charge on any atom is -0.355 e. The number of carbonyl (C=O) groups excluding carboxylic acids is 1. The van der Waals surface area contributed by atoms with Crippen LogP contribution >= 0.6 is 24.8 Å². The first kappa shape index (κ1) is 21.6. The number of hydrogen-bond acceptors (Lipinski definition) is 6. The molecular formula is C18H25Cl2N5O2. The van der Waals surface area contributed by atoms with Gasteiger partial charge in [-0.2, -0.15) is 4.98 Å². The van der Waals surface area contributed by atoms with Crippen molar-refractivity contribution in [1.29, 1.82) is 0 Å². The number of rotatable bonds is 6. The fourth-order valence-electron chi connectivity index (χ4n) is 3.80. The van der Waals surface area contributed by atoms with E-state index >= 15 is 0 Å². The minimum absolute atomic E-state index is 0. The van der Waals surface area contributed by atoms with Gasteiger partial charge in [-0.25, -0.2) is 0 Å². The third-order valence-electron chi connectivity index (χ3n) is 5.24. The number of benzene rings is 1. The summed E-state index contributed by atoms with van der Waals surface area (Å²) >= 11 is 0. The van der Waals surface area contributed by atoms with Crippen molar-refractivity contribution in [2.45, 2.75) is 12.8 Å². The van der Waals surface area contributed by atoms with Gasteiger partial charge in [0, 0.05) is 51.5 Å². The molecule has 0 radical (unpaired) electrons. The summed E-state index contributed by atoms with van der Waals surface area (Å²) in [6.07, 6.45) is 1.20. The van der Waals surface area contributed by atoms with Gasteiger partial charge in [0.25, 0.3) is 0 Å². The van der Waals surface area contributed by atoms with Crippen molar-refractivity contribution >= 4 is 30.7 Å². The summed E-state index contributed by atoms with van der Waals surface area (Å²) in [5.41, 5.74) is 0.851. The van der Waals surface area contributed by atoms with Crippen molar-refractivity contribution in [2.24, 2.45) is 11.3 Å². The second kappa shape index (κ2) is 9.50. The summed E-state index contributed by atoms with van der Waals surface area (Å²) in [5, 5.41) is 13.7. The Kier molecular flexibility index (Phi) is 7.61. The van der Waals surface area contributed by atoms with Crippen molar-refractivity contribution < 1.29 is 9.32 Å². The molecule has 0 saturated carbocycles. The molecule has 27 heavy (non-hydrogen) atoms. The lowest BCUT2D eigenvalue weighted by Crippen LogP contribution is -2.47. The van der Waals surface area contributed by atoms with E-state index in [1.807, 2.05) is 30.3 Å². The zero-order valence-electron chi connectivity index (χ0n) is 14.9. The lowest BCUT2D eigenvalue weighted by atomic mass is 9.80. The number of fused-ring (bicyclic) bond motifs is 1. The lowest BCUT2D eigenvalue weighted by Gasteiger charge is -2.25. The van der Waals surface area contributed by atoms with Crippen molar-refractivity contribution in [3.63, 3.8) is 0 Å². The van der Waals surface area contributed by atoms with Gasteiger partial charge in [0.15, 0.2) is 5.82 Å². The maximum atomic E-state index is 12.6. The molecule has 2 aliphatic rings. The molecular weight excluding hydrogens is 389 g/mol. The summed E-state index contributed by atoms with van der Waals surface area (Å²) in [5.74, 6) is 1.74. The molecule has 3 heterocycles. The summed E-state index contributed by atoms with van der Waals surface area (Å²) in [6.45, 7) is 3.83. The zero-order valence-corrected chi connectivity index (χ0v) is 16.6. The summed E-state index contributed by atoms with van der Waals surface area (Å²) in [6, 6.07) is 10.1. The highest BCUT2D eigenvalue weighted by Gasteiger charge is 2.51. The fourth-order valence-corrected chi connectivity index (χ4v) is 3.80. The van der Waals surface area contributed by atoms with Crippen LogP contribution in [0.3, 0.4) is 0 Å².